The predicted octanol–water partition coefficient (Wildman–Crippen LogP) is 1.15. The summed E-state index contributed by atoms with van der Waals surface area (Å²) in [6.07, 6.45) is 4.45. The van der Waals surface area contributed by atoms with Crippen LogP contribution in [0.1, 0.15) is 19.5 Å². The third kappa shape index (κ3) is 3.47. The van der Waals surface area contributed by atoms with Gasteiger partial charge < -0.3 is 19.5 Å². The van der Waals surface area contributed by atoms with Gasteiger partial charge in [0.2, 0.25) is 5.91 Å². The zero-order valence-corrected chi connectivity index (χ0v) is 14.0. The van der Waals surface area contributed by atoms with Crippen molar-refractivity contribution in [2.24, 2.45) is 0 Å². The molecule has 3 heterocycles. The molecule has 1 amide bonds. The second kappa shape index (κ2) is 7.00. The molecule has 1 saturated heterocycles. The smallest absolute Gasteiger partial charge is 0.228 e. The molecule has 2 aromatic rings. The second-order valence-corrected chi connectivity index (χ2v) is 5.86. The van der Waals surface area contributed by atoms with Gasteiger partial charge in [-0.2, -0.15) is 0 Å². The fourth-order valence-electron chi connectivity index (χ4n) is 3.07. The Morgan fingerprint density at radius 1 is 1.22 bits per heavy atom. The lowest BCUT2D eigenvalue weighted by Gasteiger charge is -2.29. The Kier molecular flexibility index (Phi) is 4.81. The highest BCUT2D eigenvalue weighted by molar-refractivity contribution is 5.78. The molecule has 0 aromatic carbocycles. The lowest BCUT2D eigenvalue weighted by atomic mass is 10.3. The number of hydrogen-bond donors (Lipinski definition) is 1. The number of fused-ring (bicyclic) bond motifs is 1. The maximum absolute atomic E-state index is 12.2. The number of imidazole rings is 1. The summed E-state index contributed by atoms with van der Waals surface area (Å²) < 4.78 is 2.03. The molecule has 0 unspecified atom stereocenters. The summed E-state index contributed by atoms with van der Waals surface area (Å²) >= 11 is 0. The van der Waals surface area contributed by atoms with E-state index in [1.807, 2.05) is 35.4 Å². The van der Waals surface area contributed by atoms with Crippen LogP contribution in [0.15, 0.2) is 24.5 Å². The third-order valence-electron chi connectivity index (χ3n) is 4.42. The van der Waals surface area contributed by atoms with Crippen molar-refractivity contribution in [2.75, 3.05) is 44.2 Å². The Labute approximate surface area is 137 Å². The largest absolute Gasteiger partial charge is 0.368 e. The summed E-state index contributed by atoms with van der Waals surface area (Å²) in [6.45, 7) is 9.58. The summed E-state index contributed by atoms with van der Waals surface area (Å²) in [4.78, 5) is 21.0. The van der Waals surface area contributed by atoms with Gasteiger partial charge in [-0.25, -0.2) is 4.98 Å². The number of nitrogens with one attached hydrogen (secondary N) is 1. The van der Waals surface area contributed by atoms with Gasteiger partial charge in [-0.15, -0.1) is 0 Å². The lowest BCUT2D eigenvalue weighted by molar-refractivity contribution is -0.130. The molecule has 1 aliphatic rings. The van der Waals surface area contributed by atoms with Crippen LogP contribution in [0.2, 0.25) is 0 Å². The molecule has 23 heavy (non-hydrogen) atoms. The number of likely N-dealkylation sites (N-methyl/N-ethyl adjacent to an activating group) is 1. The number of aromatic nitrogens is 2. The number of carbonyl (C=O) groups excluding carboxylic acids is 1. The molecule has 6 nitrogen and oxygen atoms in total. The molecule has 0 spiro atoms. The van der Waals surface area contributed by atoms with Crippen LogP contribution < -0.4 is 10.2 Å². The Morgan fingerprint density at radius 3 is 2.65 bits per heavy atom. The van der Waals surface area contributed by atoms with E-state index < -0.39 is 0 Å². The summed E-state index contributed by atoms with van der Waals surface area (Å²) in [5, 5.41) is 3.37. The normalized spacial score (nSPS) is 15.1. The van der Waals surface area contributed by atoms with Gasteiger partial charge in [0.15, 0.2) is 0 Å². The standard InChI is InChI=1S/C17H25N5O/c1-3-20(4-2)17(23)11-14-12-22-13-15(5-6-16(22)19-14)21-9-7-18-8-10-21/h5-6,12-13,18H,3-4,7-11H2,1-2H3. The van der Waals surface area contributed by atoms with Crippen molar-refractivity contribution >= 4 is 17.2 Å². The monoisotopic (exact) mass is 315 g/mol. The van der Waals surface area contributed by atoms with Crippen LogP contribution in [-0.4, -0.2) is 59.5 Å². The third-order valence-corrected chi connectivity index (χ3v) is 4.42. The van der Waals surface area contributed by atoms with E-state index in [-0.39, 0.29) is 5.91 Å². The maximum Gasteiger partial charge on any atom is 0.228 e. The molecule has 0 saturated carbocycles. The topological polar surface area (TPSA) is 52.9 Å². The zero-order chi connectivity index (χ0) is 16.2. The minimum absolute atomic E-state index is 0.140. The van der Waals surface area contributed by atoms with Crippen LogP contribution in [0, 0.1) is 0 Å². The lowest BCUT2D eigenvalue weighted by Crippen LogP contribution is -2.43. The zero-order valence-electron chi connectivity index (χ0n) is 14.0. The van der Waals surface area contributed by atoms with E-state index in [2.05, 4.69) is 27.5 Å². The van der Waals surface area contributed by atoms with Gasteiger partial charge in [0.25, 0.3) is 0 Å². The Balaban J connectivity index is 1.77. The number of carbonyl (C=O) groups is 1. The van der Waals surface area contributed by atoms with E-state index in [4.69, 9.17) is 0 Å². The summed E-state index contributed by atoms with van der Waals surface area (Å²) in [6, 6.07) is 4.15. The van der Waals surface area contributed by atoms with Gasteiger partial charge in [0.05, 0.1) is 17.8 Å². The highest BCUT2D eigenvalue weighted by atomic mass is 16.2. The molecule has 1 N–H and O–H groups in total. The van der Waals surface area contributed by atoms with E-state index in [9.17, 15) is 4.79 Å². The number of hydrogen-bond acceptors (Lipinski definition) is 4. The molecule has 0 atom stereocenters. The first-order valence-corrected chi connectivity index (χ1v) is 8.42. The van der Waals surface area contributed by atoms with E-state index in [1.165, 1.54) is 5.69 Å². The predicted molar refractivity (Wildman–Crippen MR) is 91.9 cm³/mol. The van der Waals surface area contributed by atoms with Gasteiger partial charge in [0.1, 0.15) is 5.65 Å². The second-order valence-electron chi connectivity index (χ2n) is 5.86. The highest BCUT2D eigenvalue weighted by Gasteiger charge is 2.14. The number of amides is 1. The van der Waals surface area contributed by atoms with Gasteiger partial charge in [-0.1, -0.05) is 0 Å². The molecule has 2 aromatic heterocycles. The Hall–Kier alpha value is -2.08. The number of rotatable bonds is 5. The maximum atomic E-state index is 12.2. The fraction of sp³-hybridized carbons (Fsp3) is 0.529. The molecule has 6 heteroatoms. The van der Waals surface area contributed by atoms with Gasteiger partial charge >= 0.3 is 0 Å². The minimum atomic E-state index is 0.140. The van der Waals surface area contributed by atoms with Crippen molar-refractivity contribution in [1.82, 2.24) is 19.6 Å². The molecule has 0 radical (unpaired) electrons. The first-order valence-electron chi connectivity index (χ1n) is 8.42. The summed E-state index contributed by atoms with van der Waals surface area (Å²) in [5.41, 5.74) is 2.93. The van der Waals surface area contributed by atoms with Crippen LogP contribution in [0.5, 0.6) is 0 Å². The van der Waals surface area contributed by atoms with E-state index >= 15 is 0 Å². The number of nitrogens with zero attached hydrogens (tertiary/aromatic N) is 4. The van der Waals surface area contributed by atoms with Crippen molar-refractivity contribution in [1.29, 1.82) is 0 Å². The molecular formula is C17H25N5O. The SMILES string of the molecule is CCN(CC)C(=O)Cc1cn2cc(N3CCNCC3)ccc2n1. The highest BCUT2D eigenvalue weighted by Crippen LogP contribution is 2.17. The van der Waals surface area contributed by atoms with Crippen molar-refractivity contribution in [3.05, 3.63) is 30.2 Å². The molecule has 0 bridgehead atoms. The van der Waals surface area contributed by atoms with E-state index in [0.717, 1.165) is 50.6 Å². The molecule has 0 aliphatic carbocycles. The van der Waals surface area contributed by atoms with Crippen LogP contribution in [0.3, 0.4) is 0 Å². The van der Waals surface area contributed by atoms with E-state index in [1.54, 1.807) is 0 Å². The quantitative estimate of drug-likeness (QED) is 0.899. The Bertz CT molecular complexity index is 671. The van der Waals surface area contributed by atoms with Crippen molar-refractivity contribution < 1.29 is 4.79 Å². The number of piperazine rings is 1. The number of pyridine rings is 1. The van der Waals surface area contributed by atoms with Crippen molar-refractivity contribution in [2.45, 2.75) is 20.3 Å². The van der Waals surface area contributed by atoms with Crippen molar-refractivity contribution in [3.63, 3.8) is 0 Å². The minimum Gasteiger partial charge on any atom is -0.368 e. The van der Waals surface area contributed by atoms with Gasteiger partial charge in [-0.3, -0.25) is 4.79 Å². The average molecular weight is 315 g/mol. The molecule has 1 aliphatic heterocycles. The summed E-state index contributed by atoms with van der Waals surface area (Å²) in [5.74, 6) is 0.140. The first kappa shape index (κ1) is 15.8. The van der Waals surface area contributed by atoms with Crippen LogP contribution >= 0.6 is 0 Å². The van der Waals surface area contributed by atoms with Crippen LogP contribution in [0.25, 0.3) is 5.65 Å². The molecule has 3 rings (SSSR count). The average Bonchev–Trinajstić information content (AvgIpc) is 2.98. The Morgan fingerprint density at radius 2 is 1.96 bits per heavy atom. The van der Waals surface area contributed by atoms with Gasteiger partial charge in [0, 0.05) is 51.7 Å². The van der Waals surface area contributed by atoms with Crippen LogP contribution in [-0.2, 0) is 11.2 Å². The van der Waals surface area contributed by atoms with Gasteiger partial charge in [-0.05, 0) is 26.0 Å². The first-order chi connectivity index (χ1) is 11.2. The summed E-state index contributed by atoms with van der Waals surface area (Å²) in [7, 11) is 0. The number of anilines is 1. The molecule has 1 fully saturated rings. The molecular weight excluding hydrogens is 290 g/mol. The fourth-order valence-corrected chi connectivity index (χ4v) is 3.07. The van der Waals surface area contributed by atoms with Crippen LogP contribution in [0.4, 0.5) is 5.69 Å². The molecule has 124 valence electrons. The van der Waals surface area contributed by atoms with E-state index in [0.29, 0.717) is 6.42 Å². The van der Waals surface area contributed by atoms with Crippen molar-refractivity contribution in [3.8, 4) is 0 Å².